The fourth-order valence-electron chi connectivity index (χ4n) is 1.64. The molecule has 1 aromatic carbocycles. The van der Waals surface area contributed by atoms with E-state index >= 15 is 0 Å². The molecule has 3 nitrogen and oxygen atoms in total. The van der Waals surface area contributed by atoms with Gasteiger partial charge in [0.25, 0.3) is 0 Å². The van der Waals surface area contributed by atoms with Crippen molar-refractivity contribution in [3.8, 4) is 11.3 Å². The smallest absolute Gasteiger partial charge is 0.126 e. The van der Waals surface area contributed by atoms with Crippen molar-refractivity contribution in [3.05, 3.63) is 39.7 Å². The second-order valence-corrected chi connectivity index (χ2v) is 4.65. The molecular weight excluding hydrogens is 285 g/mol. The Kier molecular flexibility index (Phi) is 3.59. The number of aromatic nitrogens is 2. The van der Waals surface area contributed by atoms with Crippen LogP contribution in [0.5, 0.6) is 0 Å². The van der Waals surface area contributed by atoms with Gasteiger partial charge in [-0.05, 0) is 53.7 Å². The van der Waals surface area contributed by atoms with E-state index in [2.05, 4.69) is 31.4 Å². The first-order valence-corrected chi connectivity index (χ1v) is 6.06. The van der Waals surface area contributed by atoms with Gasteiger partial charge in [0.05, 0.1) is 10.2 Å². The van der Waals surface area contributed by atoms with Gasteiger partial charge in [0.15, 0.2) is 0 Å². The molecule has 0 aliphatic carbocycles. The molecular formula is C12H13BrFN3. The number of hydrogen-bond acceptors (Lipinski definition) is 2. The highest BCUT2D eigenvalue weighted by molar-refractivity contribution is 9.10. The summed E-state index contributed by atoms with van der Waals surface area (Å²) < 4.78 is 14.1. The molecule has 0 bridgehead atoms. The van der Waals surface area contributed by atoms with Crippen LogP contribution in [-0.2, 0) is 6.54 Å². The number of nitrogens with zero attached hydrogens (tertiary/aromatic N) is 1. The number of benzene rings is 1. The van der Waals surface area contributed by atoms with Gasteiger partial charge in [-0.3, -0.25) is 5.10 Å². The number of nitrogens with one attached hydrogen (secondary N) is 2. The molecule has 0 atom stereocenters. The Labute approximate surface area is 108 Å². The zero-order chi connectivity index (χ0) is 12.4. The van der Waals surface area contributed by atoms with Crippen LogP contribution >= 0.6 is 15.9 Å². The third kappa shape index (κ3) is 2.40. The molecule has 2 rings (SSSR count). The SMILES string of the molecule is CNCc1[nH]nc(-c2ccc(F)c(C)c2)c1Br. The highest BCUT2D eigenvalue weighted by Crippen LogP contribution is 2.29. The van der Waals surface area contributed by atoms with Crippen molar-refractivity contribution >= 4 is 15.9 Å². The van der Waals surface area contributed by atoms with Crippen LogP contribution < -0.4 is 5.32 Å². The van der Waals surface area contributed by atoms with Crippen LogP contribution in [0.3, 0.4) is 0 Å². The quantitative estimate of drug-likeness (QED) is 0.914. The summed E-state index contributed by atoms with van der Waals surface area (Å²) in [4.78, 5) is 0. The number of rotatable bonds is 3. The van der Waals surface area contributed by atoms with E-state index < -0.39 is 0 Å². The molecule has 0 aliphatic rings. The molecule has 17 heavy (non-hydrogen) atoms. The molecule has 90 valence electrons. The van der Waals surface area contributed by atoms with E-state index in [0.717, 1.165) is 21.4 Å². The van der Waals surface area contributed by atoms with Crippen molar-refractivity contribution in [2.45, 2.75) is 13.5 Å². The van der Waals surface area contributed by atoms with Crippen LogP contribution in [0.1, 0.15) is 11.3 Å². The predicted molar refractivity (Wildman–Crippen MR) is 69.2 cm³/mol. The molecule has 5 heteroatoms. The molecule has 0 radical (unpaired) electrons. The maximum absolute atomic E-state index is 13.2. The average molecular weight is 298 g/mol. The minimum absolute atomic E-state index is 0.198. The van der Waals surface area contributed by atoms with Crippen molar-refractivity contribution < 1.29 is 4.39 Å². The Bertz CT molecular complexity index is 537. The van der Waals surface area contributed by atoms with Crippen molar-refractivity contribution in [1.82, 2.24) is 15.5 Å². The summed E-state index contributed by atoms with van der Waals surface area (Å²) >= 11 is 3.50. The van der Waals surface area contributed by atoms with E-state index in [1.165, 1.54) is 6.07 Å². The largest absolute Gasteiger partial charge is 0.314 e. The topological polar surface area (TPSA) is 40.7 Å². The third-order valence-electron chi connectivity index (χ3n) is 2.56. The van der Waals surface area contributed by atoms with Crippen LogP contribution in [0.15, 0.2) is 22.7 Å². The third-order valence-corrected chi connectivity index (χ3v) is 3.41. The highest BCUT2D eigenvalue weighted by atomic mass is 79.9. The molecule has 0 spiro atoms. The van der Waals surface area contributed by atoms with E-state index in [1.807, 2.05) is 7.05 Å². The summed E-state index contributed by atoms with van der Waals surface area (Å²) in [6, 6.07) is 4.98. The standard InChI is InChI=1S/C12H13BrFN3/c1-7-5-8(3-4-9(7)14)12-11(13)10(6-15-2)16-17-12/h3-5,15H,6H2,1-2H3,(H,16,17). The van der Waals surface area contributed by atoms with E-state index in [0.29, 0.717) is 12.1 Å². The van der Waals surface area contributed by atoms with Crippen molar-refractivity contribution in [1.29, 1.82) is 0 Å². The van der Waals surface area contributed by atoms with Crippen molar-refractivity contribution in [2.24, 2.45) is 0 Å². The second-order valence-electron chi connectivity index (χ2n) is 3.86. The minimum atomic E-state index is -0.198. The lowest BCUT2D eigenvalue weighted by molar-refractivity contribution is 0.618. The average Bonchev–Trinajstić information content (AvgIpc) is 2.66. The maximum Gasteiger partial charge on any atom is 0.126 e. The molecule has 0 fully saturated rings. The number of H-pyrrole nitrogens is 1. The monoisotopic (exact) mass is 297 g/mol. The first-order chi connectivity index (χ1) is 8.13. The zero-order valence-corrected chi connectivity index (χ0v) is 11.2. The van der Waals surface area contributed by atoms with Crippen LogP contribution in [0.25, 0.3) is 11.3 Å². The summed E-state index contributed by atoms with van der Waals surface area (Å²) in [5, 5.41) is 10.2. The Balaban J connectivity index is 2.42. The molecule has 0 amide bonds. The highest BCUT2D eigenvalue weighted by Gasteiger charge is 2.12. The number of aromatic amines is 1. The fraction of sp³-hybridized carbons (Fsp3) is 0.250. The number of aryl methyl sites for hydroxylation is 1. The lowest BCUT2D eigenvalue weighted by atomic mass is 10.1. The first-order valence-electron chi connectivity index (χ1n) is 5.27. The van der Waals surface area contributed by atoms with Crippen molar-refractivity contribution in [3.63, 3.8) is 0 Å². The molecule has 1 aromatic heterocycles. The summed E-state index contributed by atoms with van der Waals surface area (Å²) in [6.45, 7) is 2.45. The summed E-state index contributed by atoms with van der Waals surface area (Å²) in [7, 11) is 1.87. The molecule has 0 unspecified atom stereocenters. The molecule has 2 N–H and O–H groups in total. The molecule has 2 aromatic rings. The first kappa shape index (κ1) is 12.3. The van der Waals surface area contributed by atoms with Crippen molar-refractivity contribution in [2.75, 3.05) is 7.05 Å². The lowest BCUT2D eigenvalue weighted by Gasteiger charge is -2.01. The lowest BCUT2D eigenvalue weighted by Crippen LogP contribution is -2.05. The number of hydrogen-bond donors (Lipinski definition) is 2. The van der Waals surface area contributed by atoms with Crippen LogP contribution in [0.2, 0.25) is 0 Å². The van der Waals surface area contributed by atoms with Crippen LogP contribution in [-0.4, -0.2) is 17.2 Å². The van der Waals surface area contributed by atoms with Gasteiger partial charge in [-0.15, -0.1) is 0 Å². The Morgan fingerprint density at radius 2 is 2.24 bits per heavy atom. The van der Waals surface area contributed by atoms with E-state index in [-0.39, 0.29) is 5.82 Å². The van der Waals surface area contributed by atoms with Gasteiger partial charge in [0, 0.05) is 12.1 Å². The molecule has 0 aliphatic heterocycles. The zero-order valence-electron chi connectivity index (χ0n) is 9.64. The van der Waals surface area contributed by atoms with Crippen LogP contribution in [0.4, 0.5) is 4.39 Å². The molecule has 0 saturated carbocycles. The molecule has 1 heterocycles. The van der Waals surface area contributed by atoms with Gasteiger partial charge in [-0.25, -0.2) is 4.39 Å². The van der Waals surface area contributed by atoms with Gasteiger partial charge >= 0.3 is 0 Å². The van der Waals surface area contributed by atoms with Gasteiger partial charge < -0.3 is 5.32 Å². The minimum Gasteiger partial charge on any atom is -0.314 e. The van der Waals surface area contributed by atoms with Gasteiger partial charge in [0.2, 0.25) is 0 Å². The van der Waals surface area contributed by atoms with Gasteiger partial charge in [-0.1, -0.05) is 0 Å². The van der Waals surface area contributed by atoms with E-state index in [1.54, 1.807) is 19.1 Å². The molecule has 0 saturated heterocycles. The fourth-order valence-corrected chi connectivity index (χ4v) is 2.19. The Morgan fingerprint density at radius 1 is 1.47 bits per heavy atom. The Hall–Kier alpha value is -1.20. The maximum atomic E-state index is 13.2. The number of halogens is 2. The summed E-state index contributed by atoms with van der Waals surface area (Å²) in [6.07, 6.45) is 0. The van der Waals surface area contributed by atoms with Gasteiger partial charge in [0.1, 0.15) is 11.5 Å². The van der Waals surface area contributed by atoms with E-state index in [9.17, 15) is 4.39 Å². The normalized spacial score (nSPS) is 10.8. The summed E-state index contributed by atoms with van der Waals surface area (Å²) in [5.41, 5.74) is 3.30. The summed E-state index contributed by atoms with van der Waals surface area (Å²) in [5.74, 6) is -0.198. The van der Waals surface area contributed by atoms with Crippen LogP contribution in [0, 0.1) is 12.7 Å². The predicted octanol–water partition coefficient (Wildman–Crippen LogP) is 3.01. The second kappa shape index (κ2) is 4.98. The van der Waals surface area contributed by atoms with E-state index in [4.69, 9.17) is 0 Å². The Morgan fingerprint density at radius 3 is 2.88 bits per heavy atom. The van der Waals surface area contributed by atoms with Gasteiger partial charge in [-0.2, -0.15) is 5.10 Å².